The van der Waals surface area contributed by atoms with Crippen molar-refractivity contribution in [2.24, 2.45) is 5.73 Å². The number of carbonyl (C=O) groups is 7. The van der Waals surface area contributed by atoms with E-state index in [1.165, 1.54) is 19.2 Å². The fraction of sp³-hybridized carbons (Fsp3) is 0.286. The fourth-order valence-electron chi connectivity index (χ4n) is 5.92. The first-order valence-electron chi connectivity index (χ1n) is 19.4. The van der Waals surface area contributed by atoms with Crippen molar-refractivity contribution in [1.82, 2.24) is 36.9 Å². The summed E-state index contributed by atoms with van der Waals surface area (Å²) in [5.74, 6) is -6.02. The molecule has 0 aliphatic heterocycles. The number of carbonyl (C=O) groups excluding carboxylic acids is 6. The monoisotopic (exact) mass is 901 g/mol. The van der Waals surface area contributed by atoms with Crippen LogP contribution in [0.5, 0.6) is 0 Å². The molecule has 1 heterocycles. The van der Waals surface area contributed by atoms with E-state index in [-0.39, 0.29) is 30.7 Å². The predicted molar refractivity (Wildman–Crippen MR) is 235 cm³/mol. The smallest absolute Gasteiger partial charge is 0.305 e. The third-order valence-corrected chi connectivity index (χ3v) is 11.5. The van der Waals surface area contributed by atoms with Crippen molar-refractivity contribution in [3.8, 4) is 0 Å². The molecule has 0 radical (unpaired) electrons. The molecule has 4 rings (SSSR count). The molecule has 0 saturated heterocycles. The Morgan fingerprint density at radius 3 is 1.62 bits per heavy atom. The van der Waals surface area contributed by atoms with Crippen molar-refractivity contribution >= 4 is 68.7 Å². The zero-order valence-electron chi connectivity index (χ0n) is 33.9. The fourth-order valence-corrected chi connectivity index (χ4v) is 7.97. The summed E-state index contributed by atoms with van der Waals surface area (Å²) < 4.78 is 0. The highest BCUT2D eigenvalue weighted by molar-refractivity contribution is 8.76. The average molecular weight is 902 g/mol. The third kappa shape index (κ3) is 16.9. The van der Waals surface area contributed by atoms with Crippen LogP contribution < -0.4 is 37.6 Å². The van der Waals surface area contributed by atoms with Crippen molar-refractivity contribution in [2.75, 3.05) is 19.3 Å². The van der Waals surface area contributed by atoms with Crippen LogP contribution in [0.3, 0.4) is 0 Å². The normalized spacial score (nSPS) is 13.2. The van der Waals surface area contributed by atoms with Crippen LogP contribution >= 0.6 is 21.6 Å². The summed E-state index contributed by atoms with van der Waals surface area (Å²) >= 11 is 0. The number of pyridine rings is 1. The van der Waals surface area contributed by atoms with E-state index >= 15 is 0 Å². The molecular formula is C42H47N9O10S2. The quantitative estimate of drug-likeness (QED) is 0.0262. The van der Waals surface area contributed by atoms with Gasteiger partial charge in [-0.3, -0.25) is 43.7 Å². The summed E-state index contributed by atoms with van der Waals surface area (Å²) in [6.07, 6.45) is 0.547. The van der Waals surface area contributed by atoms with Crippen molar-refractivity contribution < 1.29 is 43.6 Å². The maximum atomic E-state index is 14.1. The summed E-state index contributed by atoms with van der Waals surface area (Å²) in [6.45, 7) is -0.637. The van der Waals surface area contributed by atoms with Gasteiger partial charge in [0, 0.05) is 31.1 Å². The van der Waals surface area contributed by atoms with Crippen LogP contribution in [-0.2, 0) is 52.8 Å². The summed E-state index contributed by atoms with van der Waals surface area (Å²) in [5, 5.41) is 36.3. The molecule has 0 bridgehead atoms. The van der Waals surface area contributed by atoms with Gasteiger partial charge in [0.05, 0.1) is 23.9 Å². The minimum atomic E-state index is -1.31. The summed E-state index contributed by atoms with van der Waals surface area (Å²) in [4.78, 5) is 106. The van der Waals surface area contributed by atoms with E-state index in [1.807, 2.05) is 0 Å². The van der Waals surface area contributed by atoms with Crippen molar-refractivity contribution in [1.29, 1.82) is 0 Å². The number of benzene rings is 3. The Hall–Kier alpha value is -6.84. The lowest BCUT2D eigenvalue weighted by molar-refractivity contribution is -0.385. The molecule has 63 heavy (non-hydrogen) atoms. The molecule has 332 valence electrons. The minimum Gasteiger partial charge on any atom is -0.481 e. The third-order valence-electron chi connectivity index (χ3n) is 9.20. The van der Waals surface area contributed by atoms with E-state index < -0.39 is 89.5 Å². The van der Waals surface area contributed by atoms with Crippen LogP contribution in [0.1, 0.15) is 23.1 Å². The lowest BCUT2D eigenvalue weighted by Crippen LogP contribution is -2.58. The number of likely N-dealkylation sites (N-methyl/N-ethyl adjacent to an activating group) is 1. The van der Waals surface area contributed by atoms with Gasteiger partial charge < -0.3 is 42.7 Å². The highest BCUT2D eigenvalue weighted by Gasteiger charge is 2.31. The molecule has 1 unspecified atom stereocenters. The minimum absolute atomic E-state index is 0.00451. The van der Waals surface area contributed by atoms with E-state index in [0.717, 1.165) is 27.8 Å². The first-order valence-corrected chi connectivity index (χ1v) is 21.7. The Labute approximate surface area is 370 Å². The molecule has 6 amide bonds. The van der Waals surface area contributed by atoms with Gasteiger partial charge in [0.25, 0.3) is 5.69 Å². The molecule has 19 nitrogen and oxygen atoms in total. The van der Waals surface area contributed by atoms with Gasteiger partial charge in [0.15, 0.2) is 0 Å². The van der Waals surface area contributed by atoms with Gasteiger partial charge in [-0.05, 0) is 40.6 Å². The molecule has 21 heteroatoms. The number of hydrogen-bond donors (Lipinski definition) is 8. The van der Waals surface area contributed by atoms with E-state index in [2.05, 4.69) is 36.9 Å². The Bertz CT molecular complexity index is 2190. The number of amides is 6. The molecule has 0 aliphatic rings. The van der Waals surface area contributed by atoms with Crippen LogP contribution in [0.15, 0.2) is 114 Å². The Morgan fingerprint density at radius 2 is 1.14 bits per heavy atom. The number of hydrogen-bond acceptors (Lipinski definition) is 13. The number of carboxylic acids is 1. The van der Waals surface area contributed by atoms with Gasteiger partial charge in [-0.2, -0.15) is 0 Å². The van der Waals surface area contributed by atoms with Crippen LogP contribution in [-0.4, -0.2) is 106 Å². The van der Waals surface area contributed by atoms with Gasteiger partial charge in [0.1, 0.15) is 35.4 Å². The predicted octanol–water partition coefficient (Wildman–Crippen LogP) is 1.06. The van der Waals surface area contributed by atoms with Crippen molar-refractivity contribution in [3.63, 3.8) is 0 Å². The molecule has 0 aliphatic carbocycles. The van der Waals surface area contributed by atoms with Crippen molar-refractivity contribution in [3.05, 3.63) is 136 Å². The van der Waals surface area contributed by atoms with Gasteiger partial charge >= 0.3 is 5.97 Å². The first kappa shape index (κ1) is 48.8. The van der Waals surface area contributed by atoms with Crippen LogP contribution in [0.4, 0.5) is 5.69 Å². The second-order valence-electron chi connectivity index (χ2n) is 13.9. The Morgan fingerprint density at radius 1 is 0.667 bits per heavy atom. The maximum absolute atomic E-state index is 14.1. The topological polar surface area (TPSA) is 294 Å². The van der Waals surface area contributed by atoms with Gasteiger partial charge in [-0.1, -0.05) is 102 Å². The van der Waals surface area contributed by atoms with Gasteiger partial charge in [0.2, 0.25) is 35.4 Å². The molecule has 9 N–H and O–H groups in total. The molecule has 0 fully saturated rings. The highest BCUT2D eigenvalue weighted by Crippen LogP contribution is 2.30. The number of carboxylic acid groups (broad SMARTS) is 1. The second kappa shape index (κ2) is 25.2. The molecule has 0 saturated carbocycles. The number of aromatic nitrogens is 1. The standard InChI is InChI=1S/C42H47N9O10S2/c1-44-31(22-37(53)54)40(57)49-32(20-27-13-7-3-8-14-27)39(56)46-24-35(52)47-33(21-28-15-9-4-10-16-28)41(58)50-34(25-62-63-36-18-17-29(23-45-36)51(60)61)42(59)48-30(38(43)55)19-26-11-5-2-6-12-26/h2-18,23,30-34,44H,19-22,24-25H2,1H3,(H2,43,55)(H,46,56)(H,47,52)(H,48,59)(H,49,57)(H,50,58)(H,53,54)/t30-,31-,32?,33-,34-/m0/s1. The molecule has 5 atom stereocenters. The number of nitrogens with two attached hydrogens (primary N) is 1. The van der Waals surface area contributed by atoms with E-state index in [9.17, 15) is 48.8 Å². The number of nitro groups is 1. The largest absolute Gasteiger partial charge is 0.481 e. The van der Waals surface area contributed by atoms with Crippen LogP contribution in [0, 0.1) is 10.1 Å². The average Bonchev–Trinajstić information content (AvgIpc) is 3.27. The lowest BCUT2D eigenvalue weighted by atomic mass is 10.0. The molecular weight excluding hydrogens is 855 g/mol. The van der Waals surface area contributed by atoms with Crippen LogP contribution in [0.25, 0.3) is 0 Å². The Balaban J connectivity index is 1.51. The number of nitrogens with one attached hydrogen (secondary N) is 6. The SMILES string of the molecule is CN[C@@H](CC(=O)O)C(=O)NC(Cc1ccccc1)C(=O)NCC(=O)N[C@@H](Cc1ccccc1)C(=O)N[C@@H](CSSc1ccc([N+](=O)[O-])cn1)C(=O)N[C@@H](Cc1ccccc1)C(N)=O. The van der Waals surface area contributed by atoms with Crippen LogP contribution in [0.2, 0.25) is 0 Å². The first-order chi connectivity index (χ1) is 30.2. The second-order valence-corrected chi connectivity index (χ2v) is 16.3. The number of rotatable bonds is 25. The molecule has 0 spiro atoms. The maximum Gasteiger partial charge on any atom is 0.305 e. The molecule has 3 aromatic carbocycles. The van der Waals surface area contributed by atoms with Gasteiger partial charge in [-0.15, -0.1) is 0 Å². The van der Waals surface area contributed by atoms with E-state index in [0.29, 0.717) is 21.7 Å². The summed E-state index contributed by atoms with van der Waals surface area (Å²) in [5.41, 5.74) is 7.47. The Kier molecular flexibility index (Phi) is 19.5. The van der Waals surface area contributed by atoms with Gasteiger partial charge in [-0.25, -0.2) is 4.98 Å². The zero-order chi connectivity index (χ0) is 45.7. The van der Waals surface area contributed by atoms with Crippen molar-refractivity contribution in [2.45, 2.75) is 60.9 Å². The number of primary amides is 1. The number of nitrogens with zero attached hydrogens (tertiary/aromatic N) is 2. The summed E-state index contributed by atoms with van der Waals surface area (Å²) in [7, 11) is 3.57. The van der Waals surface area contributed by atoms with E-state index in [1.54, 1.807) is 91.0 Å². The zero-order valence-corrected chi connectivity index (χ0v) is 35.6. The van der Waals surface area contributed by atoms with E-state index in [4.69, 9.17) is 5.73 Å². The molecule has 1 aromatic heterocycles. The summed E-state index contributed by atoms with van der Waals surface area (Å²) in [6, 6.07) is 22.7. The highest BCUT2D eigenvalue weighted by atomic mass is 33.1. The lowest BCUT2D eigenvalue weighted by Gasteiger charge is -2.25. The number of aliphatic carboxylic acids is 1. The molecule has 4 aromatic rings.